The van der Waals surface area contributed by atoms with E-state index < -0.39 is 5.92 Å². The minimum atomic E-state index is -2.59. The predicted molar refractivity (Wildman–Crippen MR) is 124 cm³/mol. The molecule has 34 heavy (non-hydrogen) atoms. The van der Waals surface area contributed by atoms with Crippen molar-refractivity contribution >= 4 is 28.4 Å². The van der Waals surface area contributed by atoms with Crippen LogP contribution in [-0.4, -0.2) is 49.0 Å². The number of pyridine rings is 1. The molecule has 2 fully saturated rings. The van der Waals surface area contributed by atoms with Crippen LogP contribution >= 0.6 is 0 Å². The van der Waals surface area contributed by atoms with Crippen LogP contribution in [0.4, 0.5) is 14.7 Å². The van der Waals surface area contributed by atoms with Crippen LogP contribution in [0.5, 0.6) is 0 Å². The van der Waals surface area contributed by atoms with Crippen molar-refractivity contribution in [2.45, 2.75) is 44.6 Å². The van der Waals surface area contributed by atoms with E-state index in [9.17, 15) is 13.6 Å². The second kappa shape index (κ2) is 7.75. The number of hydrogen-bond donors (Lipinski definition) is 3. The molecule has 2 saturated carbocycles. The molecule has 6 rings (SSSR count). The molecule has 10 heteroatoms. The van der Waals surface area contributed by atoms with Gasteiger partial charge < -0.3 is 15.6 Å². The molecule has 0 unspecified atom stereocenters. The van der Waals surface area contributed by atoms with Gasteiger partial charge in [0.25, 0.3) is 5.91 Å². The van der Waals surface area contributed by atoms with Gasteiger partial charge in [0, 0.05) is 55.0 Å². The molecule has 4 heterocycles. The van der Waals surface area contributed by atoms with Crippen molar-refractivity contribution in [1.82, 2.24) is 29.9 Å². The molecule has 0 spiro atoms. The third-order valence-corrected chi connectivity index (χ3v) is 6.92. The lowest BCUT2D eigenvalue weighted by Gasteiger charge is -2.34. The number of hydrogen-bond acceptors (Lipinski definition) is 5. The maximum absolute atomic E-state index is 13.1. The molecule has 2 aliphatic carbocycles. The smallest absolute Gasteiger partial charge is 0.255 e. The lowest BCUT2D eigenvalue weighted by atomic mass is 9.81. The van der Waals surface area contributed by atoms with E-state index in [4.69, 9.17) is 0 Å². The highest BCUT2D eigenvalue weighted by Crippen LogP contribution is 2.42. The number of fused-ring (bicyclic) bond motifs is 2. The van der Waals surface area contributed by atoms with Gasteiger partial charge >= 0.3 is 0 Å². The lowest BCUT2D eigenvalue weighted by Crippen LogP contribution is -2.42. The Morgan fingerprint density at radius 1 is 1.32 bits per heavy atom. The van der Waals surface area contributed by atoms with Crippen molar-refractivity contribution in [3.05, 3.63) is 42.5 Å². The quantitative estimate of drug-likeness (QED) is 0.379. The average molecular weight is 466 g/mol. The molecule has 8 nitrogen and oxygen atoms in total. The van der Waals surface area contributed by atoms with Gasteiger partial charge in [-0.2, -0.15) is 10.1 Å². The third-order valence-electron chi connectivity index (χ3n) is 6.92. The first-order valence-corrected chi connectivity index (χ1v) is 11.6. The van der Waals surface area contributed by atoms with Gasteiger partial charge in [-0.3, -0.25) is 4.79 Å². The highest BCUT2D eigenvalue weighted by Gasteiger charge is 2.45. The normalized spacial score (nSPS) is 18.7. The molecule has 2 aliphatic rings. The molecular weight excluding hydrogens is 440 g/mol. The van der Waals surface area contributed by atoms with Crippen LogP contribution in [0.1, 0.15) is 43.0 Å². The predicted octanol–water partition coefficient (Wildman–Crippen LogP) is 4.26. The molecule has 176 valence electrons. The highest BCUT2D eigenvalue weighted by molar-refractivity contribution is 6.02. The number of aromatic nitrogens is 5. The van der Waals surface area contributed by atoms with Crippen molar-refractivity contribution < 1.29 is 13.6 Å². The van der Waals surface area contributed by atoms with E-state index in [-0.39, 0.29) is 31.2 Å². The summed E-state index contributed by atoms with van der Waals surface area (Å²) in [5, 5.41) is 11.3. The lowest BCUT2D eigenvalue weighted by molar-refractivity contribution is -0.108. The minimum absolute atomic E-state index is 0.175. The van der Waals surface area contributed by atoms with Crippen LogP contribution in [0, 0.1) is 11.8 Å². The largest absolute Gasteiger partial charge is 0.352 e. The van der Waals surface area contributed by atoms with E-state index in [1.165, 1.54) is 19.0 Å². The Labute approximate surface area is 194 Å². The number of nitrogens with zero attached hydrogens (tertiary/aromatic N) is 4. The molecule has 0 bridgehead atoms. The van der Waals surface area contributed by atoms with E-state index >= 15 is 0 Å². The van der Waals surface area contributed by atoms with E-state index in [0.717, 1.165) is 22.2 Å². The first-order valence-electron chi connectivity index (χ1n) is 11.6. The summed E-state index contributed by atoms with van der Waals surface area (Å²) >= 11 is 0. The fourth-order valence-corrected chi connectivity index (χ4v) is 4.72. The average Bonchev–Trinajstić information content (AvgIpc) is 3.44. The van der Waals surface area contributed by atoms with Crippen molar-refractivity contribution in [1.29, 1.82) is 0 Å². The third kappa shape index (κ3) is 3.86. The standard InChI is InChI=1S/C24H25F2N7O/c1-13(15-2-3-15)31-23-29-11-18-17(10-27-21(18)32-23)16-4-5-33-20(6-16)19(12-30-33)22(34)28-9-14-7-24(25,26)8-14/h4-6,10-15H,2-3,7-9H2,1H3,(H,28,34)(H2,27,29,31,32)/t13-/m1/s1. The second-order valence-corrected chi connectivity index (χ2v) is 9.57. The van der Waals surface area contributed by atoms with Gasteiger partial charge in [-0.1, -0.05) is 0 Å². The SMILES string of the molecule is C[C@@H](Nc1ncc2c(-c3ccn4ncc(C(=O)NCC5CC(F)(F)C5)c4c3)c[nH]c2n1)C1CC1. The monoisotopic (exact) mass is 465 g/mol. The Morgan fingerprint density at radius 2 is 2.15 bits per heavy atom. The number of aromatic amines is 1. The molecule has 1 amide bonds. The molecule has 4 aromatic heterocycles. The van der Waals surface area contributed by atoms with Crippen LogP contribution in [0.2, 0.25) is 0 Å². The van der Waals surface area contributed by atoms with Gasteiger partial charge in [0.15, 0.2) is 0 Å². The maximum atomic E-state index is 13.1. The molecule has 4 aromatic rings. The zero-order valence-corrected chi connectivity index (χ0v) is 18.7. The second-order valence-electron chi connectivity index (χ2n) is 9.57. The number of nitrogens with one attached hydrogen (secondary N) is 3. The first-order chi connectivity index (χ1) is 16.4. The maximum Gasteiger partial charge on any atom is 0.255 e. The van der Waals surface area contributed by atoms with E-state index in [1.54, 1.807) is 16.9 Å². The number of carbonyl (C=O) groups excluding carboxylic acids is 1. The number of rotatable bonds is 7. The van der Waals surface area contributed by atoms with E-state index in [2.05, 4.69) is 37.6 Å². The zero-order valence-electron chi connectivity index (χ0n) is 18.7. The summed E-state index contributed by atoms with van der Waals surface area (Å²) < 4.78 is 27.7. The number of amides is 1. The Kier molecular flexibility index (Phi) is 4.79. The Balaban J connectivity index is 1.23. The summed E-state index contributed by atoms with van der Waals surface area (Å²) in [7, 11) is 0. The molecule has 0 aromatic carbocycles. The van der Waals surface area contributed by atoms with Crippen LogP contribution in [-0.2, 0) is 0 Å². The summed E-state index contributed by atoms with van der Waals surface area (Å²) in [6, 6.07) is 4.16. The molecule has 0 saturated heterocycles. The topological polar surface area (TPSA) is 100 Å². The van der Waals surface area contributed by atoms with Gasteiger partial charge in [-0.15, -0.1) is 0 Å². The first kappa shape index (κ1) is 21.0. The molecular formula is C24H25F2N7O. The van der Waals surface area contributed by atoms with Gasteiger partial charge in [0.2, 0.25) is 11.9 Å². The van der Waals surface area contributed by atoms with Crippen LogP contribution in [0.25, 0.3) is 27.7 Å². The summed E-state index contributed by atoms with van der Waals surface area (Å²) in [5.74, 6) is -1.79. The Hall–Kier alpha value is -3.56. The Bertz CT molecular complexity index is 1380. The van der Waals surface area contributed by atoms with E-state index in [1.807, 2.05) is 18.3 Å². The number of halogens is 2. The fourth-order valence-electron chi connectivity index (χ4n) is 4.72. The van der Waals surface area contributed by atoms with Crippen molar-refractivity contribution in [2.24, 2.45) is 11.8 Å². The van der Waals surface area contributed by atoms with Gasteiger partial charge in [-0.05, 0) is 49.3 Å². The van der Waals surface area contributed by atoms with Gasteiger partial charge in [0.05, 0.1) is 17.3 Å². The Morgan fingerprint density at radius 3 is 2.91 bits per heavy atom. The number of alkyl halides is 2. The highest BCUT2D eigenvalue weighted by atomic mass is 19.3. The van der Waals surface area contributed by atoms with Gasteiger partial charge in [0.1, 0.15) is 5.65 Å². The van der Waals surface area contributed by atoms with Crippen molar-refractivity contribution in [2.75, 3.05) is 11.9 Å². The molecule has 0 radical (unpaired) electrons. The van der Waals surface area contributed by atoms with Gasteiger partial charge in [-0.25, -0.2) is 18.3 Å². The fraction of sp³-hybridized carbons (Fsp3) is 0.417. The van der Waals surface area contributed by atoms with Crippen LogP contribution < -0.4 is 10.6 Å². The van der Waals surface area contributed by atoms with Crippen LogP contribution in [0.3, 0.4) is 0 Å². The summed E-state index contributed by atoms with van der Waals surface area (Å²) in [5.41, 5.74) is 3.59. The zero-order chi connectivity index (χ0) is 23.4. The van der Waals surface area contributed by atoms with Crippen molar-refractivity contribution in [3.8, 4) is 11.1 Å². The minimum Gasteiger partial charge on any atom is -0.352 e. The summed E-state index contributed by atoms with van der Waals surface area (Å²) in [6.45, 7) is 2.39. The number of anilines is 1. The van der Waals surface area contributed by atoms with Crippen LogP contribution in [0.15, 0.2) is 36.9 Å². The summed E-state index contributed by atoms with van der Waals surface area (Å²) in [4.78, 5) is 25.1. The molecule has 1 atom stereocenters. The number of H-pyrrole nitrogens is 1. The van der Waals surface area contributed by atoms with Crippen molar-refractivity contribution in [3.63, 3.8) is 0 Å². The van der Waals surface area contributed by atoms with E-state index in [0.29, 0.717) is 29.0 Å². The number of carbonyl (C=O) groups is 1. The molecule has 0 aliphatic heterocycles. The summed E-state index contributed by atoms with van der Waals surface area (Å²) in [6.07, 6.45) is 9.12. The molecule has 3 N–H and O–H groups in total.